The molecular formula is C18H24N4OS. The van der Waals surface area contributed by atoms with E-state index in [0.717, 1.165) is 32.1 Å². The number of hydrogen-bond acceptors (Lipinski definition) is 4. The Morgan fingerprint density at radius 3 is 2.62 bits per heavy atom. The predicted molar refractivity (Wildman–Crippen MR) is 93.9 cm³/mol. The molecule has 0 saturated heterocycles. The maximum absolute atomic E-state index is 13.1. The first-order chi connectivity index (χ1) is 11.5. The third-order valence-corrected chi connectivity index (χ3v) is 6.94. The smallest absolute Gasteiger partial charge is 0.232 e. The Bertz CT molecular complexity index is 701. The van der Waals surface area contributed by atoms with Gasteiger partial charge >= 0.3 is 0 Å². The Hall–Kier alpha value is -1.69. The van der Waals surface area contributed by atoms with Crippen LogP contribution in [0.15, 0.2) is 30.2 Å². The molecule has 5 nitrogen and oxygen atoms in total. The monoisotopic (exact) mass is 344 g/mol. The van der Waals surface area contributed by atoms with E-state index in [1.54, 1.807) is 24.0 Å². The van der Waals surface area contributed by atoms with Gasteiger partial charge in [0.1, 0.15) is 12.7 Å². The summed E-state index contributed by atoms with van der Waals surface area (Å²) >= 11 is 1.70. The summed E-state index contributed by atoms with van der Waals surface area (Å²) in [6.45, 7) is 4.40. The molecule has 2 aromatic rings. The number of hydrogen-bond donors (Lipinski definition) is 1. The van der Waals surface area contributed by atoms with Crippen molar-refractivity contribution in [3.05, 3.63) is 35.0 Å². The second-order valence-electron chi connectivity index (χ2n) is 7.80. The summed E-state index contributed by atoms with van der Waals surface area (Å²) in [6.07, 6.45) is 8.44. The van der Waals surface area contributed by atoms with E-state index in [1.165, 1.54) is 4.88 Å². The molecule has 0 aliphatic heterocycles. The summed E-state index contributed by atoms with van der Waals surface area (Å²) in [7, 11) is 0. The number of aromatic nitrogens is 3. The second kappa shape index (κ2) is 5.69. The Balaban J connectivity index is 1.40. The molecule has 24 heavy (non-hydrogen) atoms. The average molecular weight is 344 g/mol. The molecule has 2 aliphatic carbocycles. The van der Waals surface area contributed by atoms with Crippen LogP contribution in [0.4, 0.5) is 0 Å². The molecule has 0 radical (unpaired) electrons. The van der Waals surface area contributed by atoms with Gasteiger partial charge in [0.05, 0.1) is 11.5 Å². The lowest BCUT2D eigenvalue weighted by Crippen LogP contribution is -2.44. The first-order valence-electron chi connectivity index (χ1n) is 8.72. The number of amides is 1. The van der Waals surface area contributed by atoms with Gasteiger partial charge in [-0.05, 0) is 49.0 Å². The van der Waals surface area contributed by atoms with Crippen LogP contribution in [0.2, 0.25) is 0 Å². The number of carbonyl (C=O) groups is 1. The van der Waals surface area contributed by atoms with Gasteiger partial charge in [-0.15, -0.1) is 11.3 Å². The molecule has 0 spiro atoms. The molecule has 2 fully saturated rings. The highest BCUT2D eigenvalue weighted by Gasteiger charge is 2.67. The van der Waals surface area contributed by atoms with Crippen LogP contribution in [-0.4, -0.2) is 26.7 Å². The SMILES string of the molecule is CC1(C)CC1(C(=O)NC1CCC(n2cncn2)CC1)c1cccs1. The van der Waals surface area contributed by atoms with Crippen molar-refractivity contribution in [2.75, 3.05) is 0 Å². The van der Waals surface area contributed by atoms with Gasteiger partial charge in [-0.3, -0.25) is 4.79 Å². The van der Waals surface area contributed by atoms with E-state index in [0.29, 0.717) is 6.04 Å². The van der Waals surface area contributed by atoms with Crippen LogP contribution in [0.1, 0.15) is 56.9 Å². The van der Waals surface area contributed by atoms with Crippen molar-refractivity contribution >= 4 is 17.2 Å². The van der Waals surface area contributed by atoms with Crippen molar-refractivity contribution < 1.29 is 4.79 Å². The largest absolute Gasteiger partial charge is 0.353 e. The standard InChI is InChI=1S/C18H24N4OS/c1-17(2)10-18(17,15-4-3-9-24-15)16(23)21-13-5-7-14(8-6-13)22-12-19-11-20-22/h3-4,9,11-14H,5-8,10H2,1-2H3,(H,21,23). The average Bonchev–Trinajstić information content (AvgIpc) is 3.08. The van der Waals surface area contributed by atoms with Crippen molar-refractivity contribution in [2.24, 2.45) is 5.41 Å². The second-order valence-corrected chi connectivity index (χ2v) is 8.75. The fourth-order valence-electron chi connectivity index (χ4n) is 4.26. The molecule has 128 valence electrons. The molecule has 2 heterocycles. The fourth-order valence-corrected chi connectivity index (χ4v) is 5.36. The summed E-state index contributed by atoms with van der Waals surface area (Å²) < 4.78 is 1.95. The number of carbonyl (C=O) groups excluding carboxylic acids is 1. The number of thiophene rings is 1. The Morgan fingerprint density at radius 2 is 2.08 bits per heavy atom. The lowest BCUT2D eigenvalue weighted by Gasteiger charge is -2.30. The van der Waals surface area contributed by atoms with Crippen LogP contribution < -0.4 is 5.32 Å². The molecule has 2 aromatic heterocycles. The third-order valence-electron chi connectivity index (χ3n) is 5.91. The van der Waals surface area contributed by atoms with Gasteiger partial charge in [0.25, 0.3) is 0 Å². The van der Waals surface area contributed by atoms with Gasteiger partial charge in [-0.2, -0.15) is 5.10 Å². The zero-order valence-corrected chi connectivity index (χ0v) is 15.1. The summed E-state index contributed by atoms with van der Waals surface area (Å²) in [6, 6.07) is 4.86. The zero-order valence-electron chi connectivity index (χ0n) is 14.2. The third kappa shape index (κ3) is 2.48. The summed E-state index contributed by atoms with van der Waals surface area (Å²) in [5.41, 5.74) is -0.260. The van der Waals surface area contributed by atoms with Gasteiger partial charge in [0, 0.05) is 10.9 Å². The number of nitrogens with zero attached hydrogens (tertiary/aromatic N) is 3. The minimum absolute atomic E-state index is 0.0554. The molecule has 1 amide bonds. The Morgan fingerprint density at radius 1 is 1.33 bits per heavy atom. The maximum atomic E-state index is 13.1. The van der Waals surface area contributed by atoms with Crippen LogP contribution >= 0.6 is 11.3 Å². The normalized spacial score (nSPS) is 31.6. The van der Waals surface area contributed by atoms with Gasteiger partial charge in [0.2, 0.25) is 5.91 Å². The summed E-state index contributed by atoms with van der Waals surface area (Å²) in [4.78, 5) is 18.3. The minimum Gasteiger partial charge on any atom is -0.353 e. The number of nitrogens with one attached hydrogen (secondary N) is 1. The van der Waals surface area contributed by atoms with Crippen LogP contribution in [0, 0.1) is 5.41 Å². The predicted octanol–water partition coefficient (Wildman–Crippen LogP) is 3.31. The van der Waals surface area contributed by atoms with Crippen LogP contribution in [-0.2, 0) is 10.2 Å². The van der Waals surface area contributed by atoms with Crippen molar-refractivity contribution in [3.63, 3.8) is 0 Å². The van der Waals surface area contributed by atoms with E-state index < -0.39 is 0 Å². The van der Waals surface area contributed by atoms with Gasteiger partial charge in [0.15, 0.2) is 0 Å². The molecule has 0 bridgehead atoms. The van der Waals surface area contributed by atoms with Crippen LogP contribution in [0.25, 0.3) is 0 Å². The van der Waals surface area contributed by atoms with Crippen molar-refractivity contribution in [2.45, 2.75) is 63.5 Å². The molecule has 1 atom stereocenters. The molecule has 4 rings (SSSR count). The highest BCUT2D eigenvalue weighted by atomic mass is 32.1. The highest BCUT2D eigenvalue weighted by molar-refractivity contribution is 7.10. The zero-order chi connectivity index (χ0) is 16.8. The van der Waals surface area contributed by atoms with Crippen LogP contribution in [0.5, 0.6) is 0 Å². The molecule has 0 aromatic carbocycles. The van der Waals surface area contributed by atoms with E-state index in [-0.39, 0.29) is 22.8 Å². The van der Waals surface area contributed by atoms with Crippen molar-refractivity contribution in [1.82, 2.24) is 20.1 Å². The van der Waals surface area contributed by atoms with E-state index in [4.69, 9.17) is 0 Å². The Kier molecular flexibility index (Phi) is 3.75. The van der Waals surface area contributed by atoms with E-state index in [1.807, 2.05) is 10.7 Å². The first-order valence-corrected chi connectivity index (χ1v) is 9.60. The highest BCUT2D eigenvalue weighted by Crippen LogP contribution is 2.65. The molecule has 2 aliphatic rings. The summed E-state index contributed by atoms with van der Waals surface area (Å²) in [5.74, 6) is 0.221. The Labute approximate surface area is 146 Å². The molecule has 2 saturated carbocycles. The molecular weight excluding hydrogens is 320 g/mol. The minimum atomic E-state index is -0.316. The van der Waals surface area contributed by atoms with E-state index in [2.05, 4.69) is 40.7 Å². The number of rotatable bonds is 4. The lowest BCUT2D eigenvalue weighted by atomic mass is 9.89. The van der Waals surface area contributed by atoms with E-state index in [9.17, 15) is 4.79 Å². The molecule has 1 N–H and O–H groups in total. The van der Waals surface area contributed by atoms with E-state index >= 15 is 0 Å². The van der Waals surface area contributed by atoms with Crippen molar-refractivity contribution in [3.8, 4) is 0 Å². The maximum Gasteiger partial charge on any atom is 0.232 e. The quantitative estimate of drug-likeness (QED) is 0.926. The van der Waals surface area contributed by atoms with Gasteiger partial charge < -0.3 is 5.32 Å². The molecule has 6 heteroatoms. The topological polar surface area (TPSA) is 59.8 Å². The fraction of sp³-hybridized carbons (Fsp3) is 0.611. The van der Waals surface area contributed by atoms with Gasteiger partial charge in [-0.25, -0.2) is 9.67 Å². The lowest BCUT2D eigenvalue weighted by molar-refractivity contribution is -0.125. The van der Waals surface area contributed by atoms with Crippen LogP contribution in [0.3, 0.4) is 0 Å². The first kappa shape index (κ1) is 15.8. The molecule has 1 unspecified atom stereocenters. The summed E-state index contributed by atoms with van der Waals surface area (Å²) in [5, 5.41) is 9.67. The van der Waals surface area contributed by atoms with Gasteiger partial charge in [-0.1, -0.05) is 19.9 Å². The van der Waals surface area contributed by atoms with Crippen molar-refractivity contribution in [1.29, 1.82) is 0 Å².